The normalized spacial score (nSPS) is 19.2. The summed E-state index contributed by atoms with van der Waals surface area (Å²) in [5.41, 5.74) is 5.55. The summed E-state index contributed by atoms with van der Waals surface area (Å²) in [5.74, 6) is 1.78. The predicted molar refractivity (Wildman–Crippen MR) is 105 cm³/mol. The summed E-state index contributed by atoms with van der Waals surface area (Å²) in [7, 11) is 0. The number of fused-ring (bicyclic) bond motifs is 2. The maximum absolute atomic E-state index is 6.02. The fraction of sp³-hybridized carbons (Fsp3) is 0.174. The average molecular weight is 327 g/mol. The van der Waals surface area contributed by atoms with Crippen LogP contribution in [0.2, 0.25) is 0 Å². The van der Waals surface area contributed by atoms with Gasteiger partial charge in [0.2, 0.25) is 0 Å². The third kappa shape index (κ3) is 2.74. The lowest BCUT2D eigenvalue weighted by Crippen LogP contribution is -2.23. The fourth-order valence-electron chi connectivity index (χ4n) is 3.28. The SMILES string of the molecule is CC(/C=C/C1=Nc2ccccc2C1(C)C)=C1/C=Cc2ccccc2O1. The van der Waals surface area contributed by atoms with E-state index in [9.17, 15) is 0 Å². The second kappa shape index (κ2) is 5.89. The van der Waals surface area contributed by atoms with Crippen molar-refractivity contribution in [3.05, 3.63) is 89.2 Å². The lowest BCUT2D eigenvalue weighted by Gasteiger charge is -2.20. The highest BCUT2D eigenvalue weighted by Crippen LogP contribution is 2.40. The Hall–Kier alpha value is -2.87. The van der Waals surface area contributed by atoms with Crippen LogP contribution in [0.5, 0.6) is 5.75 Å². The van der Waals surface area contributed by atoms with Crippen LogP contribution >= 0.6 is 0 Å². The Labute approximate surface area is 148 Å². The van der Waals surface area contributed by atoms with Gasteiger partial charge in [-0.05, 0) is 48.4 Å². The van der Waals surface area contributed by atoms with E-state index in [4.69, 9.17) is 9.73 Å². The van der Waals surface area contributed by atoms with Crippen molar-refractivity contribution in [2.45, 2.75) is 26.2 Å². The third-order valence-electron chi connectivity index (χ3n) is 4.89. The second-order valence-electron chi connectivity index (χ2n) is 6.99. The monoisotopic (exact) mass is 327 g/mol. The number of nitrogens with zero attached hydrogens (tertiary/aromatic N) is 1. The second-order valence-corrected chi connectivity index (χ2v) is 6.99. The topological polar surface area (TPSA) is 21.6 Å². The first-order valence-electron chi connectivity index (χ1n) is 8.58. The summed E-state index contributed by atoms with van der Waals surface area (Å²) in [5, 5.41) is 0. The van der Waals surface area contributed by atoms with Crippen LogP contribution in [0.3, 0.4) is 0 Å². The largest absolute Gasteiger partial charge is 0.456 e. The van der Waals surface area contributed by atoms with E-state index in [-0.39, 0.29) is 5.41 Å². The predicted octanol–water partition coefficient (Wildman–Crippen LogP) is 5.99. The zero-order valence-electron chi connectivity index (χ0n) is 14.8. The van der Waals surface area contributed by atoms with E-state index in [1.165, 1.54) is 5.56 Å². The highest BCUT2D eigenvalue weighted by Gasteiger charge is 2.32. The molecule has 2 aromatic carbocycles. The molecule has 2 nitrogen and oxygen atoms in total. The summed E-state index contributed by atoms with van der Waals surface area (Å²) in [4.78, 5) is 4.81. The van der Waals surface area contributed by atoms with Crippen molar-refractivity contribution in [2.75, 3.05) is 0 Å². The Morgan fingerprint density at radius 1 is 1.00 bits per heavy atom. The molecule has 0 atom stereocenters. The number of hydrogen-bond acceptors (Lipinski definition) is 2. The van der Waals surface area contributed by atoms with E-state index in [2.05, 4.69) is 63.3 Å². The summed E-state index contributed by atoms with van der Waals surface area (Å²) >= 11 is 0. The Kier molecular flexibility index (Phi) is 3.69. The highest BCUT2D eigenvalue weighted by atomic mass is 16.5. The summed E-state index contributed by atoms with van der Waals surface area (Å²) in [6.07, 6.45) is 8.33. The van der Waals surface area contributed by atoms with E-state index >= 15 is 0 Å². The number of rotatable bonds is 2. The molecule has 124 valence electrons. The molecule has 0 N–H and O–H groups in total. The van der Waals surface area contributed by atoms with Crippen LogP contribution < -0.4 is 4.74 Å². The molecule has 0 saturated carbocycles. The Morgan fingerprint density at radius 2 is 1.76 bits per heavy atom. The summed E-state index contributed by atoms with van der Waals surface area (Å²) in [6.45, 7) is 6.51. The van der Waals surface area contributed by atoms with Crippen molar-refractivity contribution in [2.24, 2.45) is 4.99 Å². The zero-order valence-corrected chi connectivity index (χ0v) is 14.8. The number of para-hydroxylation sites is 2. The molecule has 2 aliphatic rings. The van der Waals surface area contributed by atoms with Gasteiger partial charge >= 0.3 is 0 Å². The van der Waals surface area contributed by atoms with E-state index in [0.717, 1.165) is 34.0 Å². The van der Waals surface area contributed by atoms with Gasteiger partial charge in [-0.2, -0.15) is 0 Å². The van der Waals surface area contributed by atoms with E-state index < -0.39 is 0 Å². The molecule has 0 spiro atoms. The smallest absolute Gasteiger partial charge is 0.134 e. The molecule has 0 saturated heterocycles. The van der Waals surface area contributed by atoms with Crippen LogP contribution in [-0.2, 0) is 5.41 Å². The zero-order chi connectivity index (χ0) is 17.4. The van der Waals surface area contributed by atoms with Crippen LogP contribution in [0.1, 0.15) is 31.9 Å². The number of hydrogen-bond donors (Lipinski definition) is 0. The quantitative estimate of drug-likeness (QED) is 0.664. The van der Waals surface area contributed by atoms with Crippen LogP contribution in [-0.4, -0.2) is 5.71 Å². The summed E-state index contributed by atoms with van der Waals surface area (Å²) < 4.78 is 6.02. The molecule has 2 aromatic rings. The van der Waals surface area contributed by atoms with E-state index in [1.807, 2.05) is 30.3 Å². The lowest BCUT2D eigenvalue weighted by molar-refractivity contribution is 0.435. The van der Waals surface area contributed by atoms with Gasteiger partial charge in [0, 0.05) is 11.0 Å². The molecule has 0 radical (unpaired) electrons. The van der Waals surface area contributed by atoms with Gasteiger partial charge in [-0.25, -0.2) is 0 Å². The van der Waals surface area contributed by atoms with Gasteiger partial charge in [-0.3, -0.25) is 4.99 Å². The number of benzene rings is 2. The van der Waals surface area contributed by atoms with Crippen LogP contribution in [0.15, 0.2) is 83.1 Å². The molecular weight excluding hydrogens is 306 g/mol. The van der Waals surface area contributed by atoms with Gasteiger partial charge in [0.15, 0.2) is 0 Å². The molecular formula is C23H21NO. The van der Waals surface area contributed by atoms with Crippen molar-refractivity contribution >= 4 is 17.5 Å². The van der Waals surface area contributed by atoms with Crippen molar-refractivity contribution in [1.82, 2.24) is 0 Å². The van der Waals surface area contributed by atoms with Crippen LogP contribution in [0.4, 0.5) is 5.69 Å². The van der Waals surface area contributed by atoms with Crippen LogP contribution in [0, 0.1) is 0 Å². The molecule has 0 aliphatic carbocycles. The molecule has 0 amide bonds. The number of ether oxygens (including phenoxy) is 1. The van der Waals surface area contributed by atoms with Gasteiger partial charge < -0.3 is 4.74 Å². The van der Waals surface area contributed by atoms with Gasteiger partial charge in [0.1, 0.15) is 11.5 Å². The highest BCUT2D eigenvalue weighted by molar-refractivity contribution is 6.08. The first-order chi connectivity index (χ1) is 12.1. The molecule has 0 aromatic heterocycles. The standard InChI is InChI=1S/C23H21NO/c1-16(20-14-13-17-8-4-7-11-21(17)25-20)12-15-22-23(2,3)18-9-5-6-10-19(18)24-22/h4-15H,1-3H3/b15-12+,20-16+. The third-order valence-corrected chi connectivity index (χ3v) is 4.89. The fourth-order valence-corrected chi connectivity index (χ4v) is 3.28. The minimum atomic E-state index is -0.0755. The maximum Gasteiger partial charge on any atom is 0.134 e. The number of allylic oxidation sites excluding steroid dienone is 4. The van der Waals surface area contributed by atoms with Gasteiger partial charge in [0.25, 0.3) is 0 Å². The van der Waals surface area contributed by atoms with Crippen molar-refractivity contribution in [1.29, 1.82) is 0 Å². The molecule has 2 heterocycles. The molecule has 0 fully saturated rings. The Balaban J connectivity index is 1.61. The molecule has 2 aliphatic heterocycles. The maximum atomic E-state index is 6.02. The van der Waals surface area contributed by atoms with Crippen molar-refractivity contribution < 1.29 is 4.74 Å². The van der Waals surface area contributed by atoms with Gasteiger partial charge in [-0.1, -0.05) is 56.3 Å². The first kappa shape index (κ1) is 15.6. The van der Waals surface area contributed by atoms with Crippen molar-refractivity contribution in [3.8, 4) is 5.75 Å². The molecule has 0 bridgehead atoms. The minimum absolute atomic E-state index is 0.0755. The van der Waals surface area contributed by atoms with E-state index in [1.54, 1.807) is 0 Å². The molecule has 25 heavy (non-hydrogen) atoms. The van der Waals surface area contributed by atoms with Gasteiger partial charge in [0.05, 0.1) is 11.4 Å². The summed E-state index contributed by atoms with van der Waals surface area (Å²) in [6, 6.07) is 16.4. The molecule has 4 rings (SSSR count). The van der Waals surface area contributed by atoms with Gasteiger partial charge in [-0.15, -0.1) is 0 Å². The van der Waals surface area contributed by atoms with Crippen molar-refractivity contribution in [3.63, 3.8) is 0 Å². The lowest BCUT2D eigenvalue weighted by atomic mass is 9.81. The average Bonchev–Trinajstić information content (AvgIpc) is 2.90. The minimum Gasteiger partial charge on any atom is -0.456 e. The molecule has 2 heteroatoms. The Morgan fingerprint density at radius 3 is 2.60 bits per heavy atom. The molecule has 0 unspecified atom stereocenters. The number of aliphatic imine (C=N–C) groups is 1. The Bertz CT molecular complexity index is 958. The van der Waals surface area contributed by atoms with E-state index in [0.29, 0.717) is 0 Å². The van der Waals surface area contributed by atoms with Crippen LogP contribution in [0.25, 0.3) is 6.08 Å². The first-order valence-corrected chi connectivity index (χ1v) is 8.58.